The van der Waals surface area contributed by atoms with E-state index in [1.54, 1.807) is 6.08 Å². The molecule has 2 aliphatic rings. The zero-order valence-electron chi connectivity index (χ0n) is 18.8. The third-order valence-corrected chi connectivity index (χ3v) is 8.61. The summed E-state index contributed by atoms with van der Waals surface area (Å²) in [5.74, 6) is -1.13. The Balaban J connectivity index is 1.69. The molecule has 3 aromatic rings. The van der Waals surface area contributed by atoms with Gasteiger partial charge >= 0.3 is 199 Å². The normalized spacial score (nSPS) is 17.3. The fourth-order valence-corrected chi connectivity index (χ4v) is 7.21. The molecule has 6 nitrogen and oxygen atoms in total. The second kappa shape index (κ2) is 7.58. The van der Waals surface area contributed by atoms with E-state index in [0.717, 1.165) is 25.6 Å². The molecule has 33 heavy (non-hydrogen) atoms. The summed E-state index contributed by atoms with van der Waals surface area (Å²) in [6, 6.07) is 20.2. The first-order valence-electron chi connectivity index (χ1n) is 10.6. The van der Waals surface area contributed by atoms with Gasteiger partial charge < -0.3 is 0 Å². The quantitative estimate of drug-likeness (QED) is 0.297. The van der Waals surface area contributed by atoms with Crippen molar-refractivity contribution < 1.29 is 14.4 Å². The Morgan fingerprint density at radius 1 is 0.818 bits per heavy atom. The average Bonchev–Trinajstić information content (AvgIpc) is 3.25. The van der Waals surface area contributed by atoms with Crippen LogP contribution in [0.5, 0.6) is 0 Å². The Bertz CT molecular complexity index is 1310. The van der Waals surface area contributed by atoms with Crippen LogP contribution in [0.2, 0.25) is 0 Å². The SMILES string of the molecule is CN1C(=O)C(=Cc2cc3c([se]2)N(c2ccccc2)c2ccccc2C3(C)C)C(=O)N(C)C1=O. The Kier molecular flexibility index (Phi) is 4.92. The van der Waals surface area contributed by atoms with Crippen molar-refractivity contribution in [1.29, 1.82) is 0 Å². The van der Waals surface area contributed by atoms with Gasteiger partial charge in [-0.25, -0.2) is 0 Å². The molecule has 0 bridgehead atoms. The number of nitrogens with zero attached hydrogens (tertiary/aromatic N) is 3. The Morgan fingerprint density at radius 2 is 1.42 bits per heavy atom. The molecule has 0 radical (unpaired) electrons. The number of urea groups is 1. The van der Waals surface area contributed by atoms with Gasteiger partial charge in [0.1, 0.15) is 0 Å². The standard InChI is InChI=1S/C26H23N3O3Se/c1-26(2)19-12-8-9-13-21(19)29(16-10-6-5-7-11-16)24-20(26)15-17(33-24)14-18-22(30)27(3)25(32)28(4)23(18)31/h5-15H,1-4H3. The van der Waals surface area contributed by atoms with E-state index in [-0.39, 0.29) is 25.5 Å². The molecule has 0 N–H and O–H groups in total. The van der Waals surface area contributed by atoms with Crippen LogP contribution in [0.1, 0.15) is 29.4 Å². The van der Waals surface area contributed by atoms with Crippen LogP contribution in [-0.4, -0.2) is 56.2 Å². The molecule has 2 aromatic carbocycles. The summed E-state index contributed by atoms with van der Waals surface area (Å²) in [6.07, 6.45) is 1.67. The number of carbonyl (C=O) groups excluding carboxylic acids is 3. The molecule has 2 aliphatic heterocycles. The third kappa shape index (κ3) is 3.19. The first-order chi connectivity index (χ1) is 15.7. The molecule has 0 saturated carbocycles. The van der Waals surface area contributed by atoms with Crippen LogP contribution in [0.25, 0.3) is 6.08 Å². The monoisotopic (exact) mass is 505 g/mol. The average molecular weight is 504 g/mol. The number of amides is 4. The Morgan fingerprint density at radius 3 is 2.09 bits per heavy atom. The summed E-state index contributed by atoms with van der Waals surface area (Å²) in [4.78, 5) is 41.8. The molecule has 1 saturated heterocycles. The van der Waals surface area contributed by atoms with Crippen molar-refractivity contribution >= 4 is 54.4 Å². The first kappa shape index (κ1) is 21.4. The van der Waals surface area contributed by atoms with Gasteiger partial charge in [-0.15, -0.1) is 0 Å². The summed E-state index contributed by atoms with van der Waals surface area (Å²) < 4.78 is 2.12. The van der Waals surface area contributed by atoms with Gasteiger partial charge in [0.15, 0.2) is 0 Å². The topological polar surface area (TPSA) is 60.9 Å². The number of imide groups is 2. The zero-order valence-corrected chi connectivity index (χ0v) is 20.5. The molecule has 4 amide bonds. The number of likely N-dealkylation sites (N-methyl/N-ethyl adjacent to an activating group) is 2. The number of anilines is 3. The van der Waals surface area contributed by atoms with Gasteiger partial charge in [0, 0.05) is 0 Å². The van der Waals surface area contributed by atoms with Gasteiger partial charge in [-0.3, -0.25) is 0 Å². The molecule has 1 aromatic heterocycles. The number of hydrogen-bond donors (Lipinski definition) is 0. The molecule has 7 heteroatoms. The van der Waals surface area contributed by atoms with Crippen molar-refractivity contribution in [2.24, 2.45) is 0 Å². The summed E-state index contributed by atoms with van der Waals surface area (Å²) in [5.41, 5.74) is 4.42. The van der Waals surface area contributed by atoms with E-state index in [0.29, 0.717) is 0 Å². The molecule has 0 aliphatic carbocycles. The van der Waals surface area contributed by atoms with E-state index >= 15 is 0 Å². The Hall–Kier alpha value is -3.41. The van der Waals surface area contributed by atoms with Gasteiger partial charge in [-0.05, 0) is 0 Å². The van der Waals surface area contributed by atoms with Crippen LogP contribution in [0, 0.1) is 0 Å². The van der Waals surface area contributed by atoms with Crippen LogP contribution in [0.3, 0.4) is 0 Å². The second-order valence-corrected chi connectivity index (χ2v) is 11.0. The van der Waals surface area contributed by atoms with E-state index in [1.165, 1.54) is 29.8 Å². The van der Waals surface area contributed by atoms with Gasteiger partial charge in [-0.2, -0.15) is 0 Å². The van der Waals surface area contributed by atoms with Crippen molar-refractivity contribution in [3.63, 3.8) is 0 Å². The second-order valence-electron chi connectivity index (χ2n) is 8.75. The first-order valence-corrected chi connectivity index (χ1v) is 12.3. The predicted molar refractivity (Wildman–Crippen MR) is 129 cm³/mol. The van der Waals surface area contributed by atoms with Crippen molar-refractivity contribution in [2.75, 3.05) is 19.0 Å². The van der Waals surface area contributed by atoms with E-state index in [2.05, 4.69) is 61.2 Å². The van der Waals surface area contributed by atoms with Crippen LogP contribution >= 0.6 is 0 Å². The fourth-order valence-electron chi connectivity index (χ4n) is 4.49. The third-order valence-electron chi connectivity index (χ3n) is 6.37. The molecule has 3 heterocycles. The summed E-state index contributed by atoms with van der Waals surface area (Å²) in [5, 5.41) is 0. The van der Waals surface area contributed by atoms with Gasteiger partial charge in [-0.1, -0.05) is 0 Å². The molecule has 0 unspecified atom stereocenters. The minimum absolute atomic E-state index is 0.0224. The van der Waals surface area contributed by atoms with Crippen LogP contribution < -0.4 is 4.90 Å². The van der Waals surface area contributed by atoms with Crippen molar-refractivity contribution in [3.8, 4) is 0 Å². The van der Waals surface area contributed by atoms with Crippen LogP contribution in [0.15, 0.2) is 66.2 Å². The minimum atomic E-state index is -0.614. The Labute approximate surface area is 198 Å². The molecule has 1 fully saturated rings. The van der Waals surface area contributed by atoms with Crippen molar-refractivity contribution in [3.05, 3.63) is 81.8 Å². The summed E-state index contributed by atoms with van der Waals surface area (Å²) in [7, 11) is 2.80. The van der Waals surface area contributed by atoms with Crippen LogP contribution in [0.4, 0.5) is 20.7 Å². The van der Waals surface area contributed by atoms with Gasteiger partial charge in [0.2, 0.25) is 0 Å². The maximum absolute atomic E-state index is 12.7. The molecular weight excluding hydrogens is 481 g/mol. The number of carbonyl (C=O) groups is 3. The summed E-state index contributed by atoms with van der Waals surface area (Å²) in [6.45, 7) is 4.42. The summed E-state index contributed by atoms with van der Waals surface area (Å²) >= 11 is -0.137. The molecule has 5 rings (SSSR count). The molecule has 166 valence electrons. The van der Waals surface area contributed by atoms with Crippen molar-refractivity contribution in [2.45, 2.75) is 19.3 Å². The van der Waals surface area contributed by atoms with Gasteiger partial charge in [0.05, 0.1) is 0 Å². The fraction of sp³-hybridized carbons (Fsp3) is 0.192. The number of hydrogen-bond acceptors (Lipinski definition) is 4. The number of para-hydroxylation sites is 2. The number of barbiturate groups is 1. The van der Waals surface area contributed by atoms with Crippen LogP contribution in [-0.2, 0) is 15.0 Å². The number of rotatable bonds is 2. The maximum atomic E-state index is 12.7. The van der Waals surface area contributed by atoms with E-state index < -0.39 is 17.8 Å². The zero-order chi connectivity index (χ0) is 23.5. The van der Waals surface area contributed by atoms with E-state index in [9.17, 15) is 14.4 Å². The predicted octanol–water partition coefficient (Wildman–Crippen LogP) is 4.29. The number of benzene rings is 2. The molecule has 0 spiro atoms. The van der Waals surface area contributed by atoms with Gasteiger partial charge in [0.25, 0.3) is 0 Å². The van der Waals surface area contributed by atoms with Crippen molar-refractivity contribution in [1.82, 2.24) is 9.80 Å². The van der Waals surface area contributed by atoms with E-state index in [4.69, 9.17) is 0 Å². The van der Waals surface area contributed by atoms with E-state index in [1.807, 2.05) is 18.2 Å². The molecular formula is C26H23N3O3Se. The number of fused-ring (bicyclic) bond motifs is 2. The molecule has 0 atom stereocenters.